The second-order valence-electron chi connectivity index (χ2n) is 9.18. The van der Waals surface area contributed by atoms with Gasteiger partial charge in [-0.25, -0.2) is 0 Å². The minimum absolute atomic E-state index is 0.00811. The molecule has 0 heterocycles. The minimum Gasteiger partial charge on any atom is -0.388 e. The first-order chi connectivity index (χ1) is 12.6. The predicted molar refractivity (Wildman–Crippen MR) is 98.5 cm³/mol. The first-order valence-corrected chi connectivity index (χ1v) is 9.62. The summed E-state index contributed by atoms with van der Waals surface area (Å²) < 4.78 is 0. The Kier molecular flexibility index (Phi) is 3.83. The molecule has 4 aliphatic rings. The maximum Gasteiger partial charge on any atom is 0.190 e. The molecule has 5 heteroatoms. The molecule has 0 aromatic rings. The Bertz CT molecular complexity index is 836. The van der Waals surface area contributed by atoms with E-state index in [-0.39, 0.29) is 41.7 Å². The van der Waals surface area contributed by atoms with Crippen LogP contribution in [0.25, 0.3) is 0 Å². The summed E-state index contributed by atoms with van der Waals surface area (Å²) in [4.78, 5) is 37.7. The zero-order valence-corrected chi connectivity index (χ0v) is 15.9. The zero-order valence-electron chi connectivity index (χ0n) is 15.9. The smallest absolute Gasteiger partial charge is 0.190 e. The van der Waals surface area contributed by atoms with Crippen molar-refractivity contribution in [3.8, 4) is 0 Å². The maximum absolute atomic E-state index is 13.4. The Morgan fingerprint density at radius 3 is 2.63 bits per heavy atom. The number of Topliss-reactive ketones (excluding diaryl/α,β-unsaturated/α-hetero) is 2. The molecule has 0 saturated heterocycles. The van der Waals surface area contributed by atoms with Gasteiger partial charge in [-0.1, -0.05) is 39.0 Å². The zero-order chi connectivity index (χ0) is 19.8. The van der Waals surface area contributed by atoms with Gasteiger partial charge in [-0.05, 0) is 41.9 Å². The van der Waals surface area contributed by atoms with E-state index in [1.54, 1.807) is 6.08 Å². The van der Waals surface area contributed by atoms with E-state index in [4.69, 9.17) is 0 Å². The molecular formula is C22H26O5. The molecule has 5 nitrogen and oxygen atoms in total. The molecule has 4 rings (SSSR count). The van der Waals surface area contributed by atoms with Crippen LogP contribution in [0.4, 0.5) is 0 Å². The van der Waals surface area contributed by atoms with Crippen molar-refractivity contribution in [3.05, 3.63) is 36.0 Å². The third kappa shape index (κ3) is 2.10. The molecule has 1 unspecified atom stereocenters. The van der Waals surface area contributed by atoms with Gasteiger partial charge in [0.15, 0.2) is 11.6 Å². The summed E-state index contributed by atoms with van der Waals surface area (Å²) >= 11 is 0. The van der Waals surface area contributed by atoms with Gasteiger partial charge in [-0.15, -0.1) is 0 Å². The first kappa shape index (κ1) is 18.5. The number of aliphatic hydroxyl groups excluding tert-OH is 1. The largest absolute Gasteiger partial charge is 0.388 e. The summed E-state index contributed by atoms with van der Waals surface area (Å²) in [6.45, 7) is 4.92. The fourth-order valence-electron chi connectivity index (χ4n) is 6.55. The van der Waals surface area contributed by atoms with Crippen molar-refractivity contribution in [2.24, 2.45) is 34.5 Å². The van der Waals surface area contributed by atoms with Gasteiger partial charge in [-0.2, -0.15) is 0 Å². The molecule has 2 N–H and O–H groups in total. The predicted octanol–water partition coefficient (Wildman–Crippen LogP) is 1.79. The molecule has 0 aliphatic heterocycles. The van der Waals surface area contributed by atoms with Gasteiger partial charge in [0.25, 0.3) is 0 Å². The van der Waals surface area contributed by atoms with Crippen molar-refractivity contribution in [1.29, 1.82) is 0 Å². The molecular weight excluding hydrogens is 344 g/mol. The highest BCUT2D eigenvalue weighted by atomic mass is 16.3. The summed E-state index contributed by atoms with van der Waals surface area (Å²) in [5.41, 5.74) is -2.30. The van der Waals surface area contributed by atoms with Crippen LogP contribution in [0.2, 0.25) is 0 Å². The van der Waals surface area contributed by atoms with Crippen LogP contribution in [0.5, 0.6) is 0 Å². The monoisotopic (exact) mass is 370 g/mol. The highest BCUT2D eigenvalue weighted by Crippen LogP contribution is 2.66. The Morgan fingerprint density at radius 2 is 1.96 bits per heavy atom. The SMILES string of the molecule is CC1C[C@H]2[C@@H]3C=CC4=CC(=O)C=C[C@]4(C)[C@H]3C(=O)C[C@]2(C)[C@@]1(O)C(=O)CO. The van der Waals surface area contributed by atoms with Crippen molar-refractivity contribution in [3.63, 3.8) is 0 Å². The summed E-state index contributed by atoms with van der Waals surface area (Å²) in [5.74, 6) is -1.46. The quantitative estimate of drug-likeness (QED) is 0.773. The number of rotatable bonds is 2. The summed E-state index contributed by atoms with van der Waals surface area (Å²) in [6, 6.07) is 0. The van der Waals surface area contributed by atoms with Gasteiger partial charge in [0.2, 0.25) is 0 Å². The van der Waals surface area contributed by atoms with Gasteiger partial charge in [0, 0.05) is 23.2 Å². The standard InChI is InChI=1S/C22H26O5/c1-12-8-16-15-5-4-13-9-14(24)6-7-20(13,2)19(15)17(25)10-21(16,3)22(12,27)18(26)11-23/h4-7,9,12,15-16,19,23,27H,8,10-11H2,1-3H3/t12?,15-,16-,19+,20-,21-,22-/m0/s1. The third-order valence-corrected chi connectivity index (χ3v) is 7.97. The third-order valence-electron chi connectivity index (χ3n) is 7.97. The van der Waals surface area contributed by atoms with Gasteiger partial charge in [0.05, 0.1) is 0 Å². The Hall–Kier alpha value is -1.85. The lowest BCUT2D eigenvalue weighted by Crippen LogP contribution is -2.61. The molecule has 0 radical (unpaired) electrons. The molecule has 0 aromatic heterocycles. The van der Waals surface area contributed by atoms with Crippen LogP contribution in [0.1, 0.15) is 33.6 Å². The maximum atomic E-state index is 13.4. The molecule has 2 saturated carbocycles. The lowest BCUT2D eigenvalue weighted by Gasteiger charge is -2.55. The van der Waals surface area contributed by atoms with Crippen molar-refractivity contribution in [1.82, 2.24) is 0 Å². The molecule has 2 fully saturated rings. The first-order valence-electron chi connectivity index (χ1n) is 9.62. The average Bonchev–Trinajstić information content (AvgIpc) is 2.82. The van der Waals surface area contributed by atoms with Crippen LogP contribution in [0.15, 0.2) is 36.0 Å². The van der Waals surface area contributed by atoms with Crippen LogP contribution in [-0.4, -0.2) is 39.8 Å². The molecule has 0 spiro atoms. The second kappa shape index (κ2) is 5.58. The van der Waals surface area contributed by atoms with Crippen molar-refractivity contribution < 1.29 is 24.6 Å². The Balaban J connectivity index is 1.84. The topological polar surface area (TPSA) is 91.7 Å². The van der Waals surface area contributed by atoms with Crippen LogP contribution < -0.4 is 0 Å². The van der Waals surface area contributed by atoms with E-state index >= 15 is 0 Å². The minimum atomic E-state index is -1.70. The van der Waals surface area contributed by atoms with E-state index in [0.717, 1.165) is 5.57 Å². The van der Waals surface area contributed by atoms with Crippen LogP contribution in [0.3, 0.4) is 0 Å². The Morgan fingerprint density at radius 1 is 1.26 bits per heavy atom. The van der Waals surface area contributed by atoms with E-state index in [1.807, 2.05) is 39.0 Å². The molecule has 0 bridgehead atoms. The highest BCUT2D eigenvalue weighted by molar-refractivity contribution is 6.02. The highest BCUT2D eigenvalue weighted by Gasteiger charge is 2.70. The average molecular weight is 370 g/mol. The lowest BCUT2D eigenvalue weighted by atomic mass is 9.48. The number of ketones is 3. The van der Waals surface area contributed by atoms with E-state index in [2.05, 4.69) is 0 Å². The van der Waals surface area contributed by atoms with Crippen LogP contribution in [0, 0.1) is 34.5 Å². The normalized spacial score (nSPS) is 48.0. The summed E-state index contributed by atoms with van der Waals surface area (Å²) in [6.07, 6.45) is 9.61. The fourth-order valence-corrected chi connectivity index (χ4v) is 6.55. The van der Waals surface area contributed by atoms with Gasteiger partial charge < -0.3 is 10.2 Å². The summed E-state index contributed by atoms with van der Waals surface area (Å²) in [7, 11) is 0. The molecule has 0 aromatic carbocycles. The van der Waals surface area contributed by atoms with E-state index in [9.17, 15) is 24.6 Å². The Labute approximate surface area is 158 Å². The number of fused-ring (bicyclic) bond motifs is 5. The molecule has 144 valence electrons. The molecule has 0 amide bonds. The number of aliphatic hydroxyl groups is 2. The van der Waals surface area contributed by atoms with E-state index in [0.29, 0.717) is 6.42 Å². The number of hydrogen-bond donors (Lipinski definition) is 2. The van der Waals surface area contributed by atoms with E-state index in [1.165, 1.54) is 6.08 Å². The van der Waals surface area contributed by atoms with Crippen molar-refractivity contribution >= 4 is 17.3 Å². The van der Waals surface area contributed by atoms with E-state index < -0.39 is 28.8 Å². The van der Waals surface area contributed by atoms with Gasteiger partial charge in [-0.3, -0.25) is 14.4 Å². The van der Waals surface area contributed by atoms with Crippen LogP contribution in [-0.2, 0) is 14.4 Å². The summed E-state index contributed by atoms with van der Waals surface area (Å²) in [5, 5.41) is 20.8. The molecule has 4 aliphatic carbocycles. The van der Waals surface area contributed by atoms with Gasteiger partial charge in [0.1, 0.15) is 18.0 Å². The second-order valence-corrected chi connectivity index (χ2v) is 9.18. The number of carbonyl (C=O) groups is 3. The van der Waals surface area contributed by atoms with Crippen molar-refractivity contribution in [2.45, 2.75) is 39.2 Å². The fraction of sp³-hybridized carbons (Fsp3) is 0.591. The lowest BCUT2D eigenvalue weighted by molar-refractivity contribution is -0.170. The van der Waals surface area contributed by atoms with Crippen molar-refractivity contribution in [2.75, 3.05) is 6.61 Å². The molecule has 7 atom stereocenters. The van der Waals surface area contributed by atoms with Crippen LogP contribution >= 0.6 is 0 Å². The number of hydrogen-bond acceptors (Lipinski definition) is 5. The number of allylic oxidation sites excluding steroid dienone is 6. The molecule has 27 heavy (non-hydrogen) atoms. The van der Waals surface area contributed by atoms with Gasteiger partial charge >= 0.3 is 0 Å². The number of carbonyl (C=O) groups excluding carboxylic acids is 3.